The number of carbonyl (C=O) groups is 1. The molecule has 0 radical (unpaired) electrons. The van der Waals surface area contributed by atoms with Crippen LogP contribution in [0.15, 0.2) is 47.4 Å². The number of thioether (sulfide) groups is 1. The molecule has 8 heteroatoms. The molecule has 0 aliphatic heterocycles. The minimum Gasteiger partial charge on any atom is -0.351 e. The topological polar surface area (TPSA) is 89.3 Å². The van der Waals surface area contributed by atoms with Gasteiger partial charge in [0.15, 0.2) is 0 Å². The van der Waals surface area contributed by atoms with E-state index >= 15 is 0 Å². The van der Waals surface area contributed by atoms with E-state index in [0.717, 1.165) is 0 Å². The maximum Gasteiger partial charge on any atom is 0.251 e. The van der Waals surface area contributed by atoms with Crippen LogP contribution < -0.4 is 10.5 Å². The molecule has 0 atom stereocenters. The predicted octanol–water partition coefficient (Wildman–Crippen LogP) is 2.44. The second-order valence-corrected chi connectivity index (χ2v) is 8.01. The minimum atomic E-state index is -3.87. The Bertz CT molecular complexity index is 870. The summed E-state index contributed by atoms with van der Waals surface area (Å²) in [6, 6.07) is 11.0. The molecule has 1 amide bonds. The van der Waals surface area contributed by atoms with E-state index in [2.05, 4.69) is 5.32 Å². The third-order valence-corrected chi connectivity index (χ3v) is 5.65. The molecule has 0 saturated heterocycles. The van der Waals surface area contributed by atoms with E-state index in [4.69, 9.17) is 5.14 Å². The summed E-state index contributed by atoms with van der Waals surface area (Å²) >= 11 is 1.50. The molecule has 134 valence electrons. The van der Waals surface area contributed by atoms with Gasteiger partial charge in [0.05, 0.1) is 4.90 Å². The largest absolute Gasteiger partial charge is 0.351 e. The molecule has 0 fully saturated rings. The number of benzene rings is 2. The van der Waals surface area contributed by atoms with E-state index in [1.165, 1.54) is 30.0 Å². The number of hydrogen-bond acceptors (Lipinski definition) is 4. The standard InChI is InChI=1S/C17H19FN2O3S2/c1-12-14(6-4-8-16(12)25(19,22)23)17(21)20-9-10-24-11-13-5-2-3-7-15(13)18/h2-8H,9-11H2,1H3,(H,20,21)(H2,19,22,23). The van der Waals surface area contributed by atoms with Gasteiger partial charge in [-0.05, 0) is 36.2 Å². The molecular formula is C17H19FN2O3S2. The van der Waals surface area contributed by atoms with Crippen LogP contribution in [0.5, 0.6) is 0 Å². The summed E-state index contributed by atoms with van der Waals surface area (Å²) in [6.45, 7) is 1.93. The van der Waals surface area contributed by atoms with Crippen molar-refractivity contribution in [3.05, 3.63) is 65.0 Å². The summed E-state index contributed by atoms with van der Waals surface area (Å²) in [5.41, 5.74) is 1.21. The number of amides is 1. The third kappa shape index (κ3) is 5.29. The zero-order chi connectivity index (χ0) is 18.4. The predicted molar refractivity (Wildman–Crippen MR) is 97.4 cm³/mol. The monoisotopic (exact) mass is 382 g/mol. The second kappa shape index (κ2) is 8.46. The van der Waals surface area contributed by atoms with Crippen molar-refractivity contribution in [2.24, 2.45) is 5.14 Å². The maximum atomic E-state index is 13.5. The van der Waals surface area contributed by atoms with Crippen molar-refractivity contribution in [2.75, 3.05) is 12.3 Å². The van der Waals surface area contributed by atoms with Crippen LogP contribution in [-0.4, -0.2) is 26.6 Å². The summed E-state index contributed by atoms with van der Waals surface area (Å²) in [5.74, 6) is 0.514. The third-order valence-electron chi connectivity index (χ3n) is 3.58. The quantitative estimate of drug-likeness (QED) is 0.720. The highest BCUT2D eigenvalue weighted by atomic mass is 32.2. The number of carbonyl (C=O) groups excluding carboxylic acids is 1. The Hall–Kier alpha value is -1.90. The van der Waals surface area contributed by atoms with E-state index in [1.807, 2.05) is 0 Å². The molecule has 0 saturated carbocycles. The Morgan fingerprint density at radius 1 is 1.20 bits per heavy atom. The summed E-state index contributed by atoms with van der Waals surface area (Å²) in [5, 5.41) is 7.87. The van der Waals surface area contributed by atoms with Gasteiger partial charge in [0.2, 0.25) is 10.0 Å². The number of hydrogen-bond donors (Lipinski definition) is 2. The Balaban J connectivity index is 1.88. The van der Waals surface area contributed by atoms with Gasteiger partial charge in [-0.1, -0.05) is 24.3 Å². The normalized spacial score (nSPS) is 11.3. The lowest BCUT2D eigenvalue weighted by Gasteiger charge is -2.10. The highest BCUT2D eigenvalue weighted by molar-refractivity contribution is 7.98. The molecule has 0 spiro atoms. The van der Waals surface area contributed by atoms with Crippen molar-refractivity contribution < 1.29 is 17.6 Å². The molecule has 0 bridgehead atoms. The van der Waals surface area contributed by atoms with Crippen LogP contribution in [0.4, 0.5) is 4.39 Å². The van der Waals surface area contributed by atoms with Crippen LogP contribution >= 0.6 is 11.8 Å². The fourth-order valence-corrected chi connectivity index (χ4v) is 3.95. The highest BCUT2D eigenvalue weighted by Crippen LogP contribution is 2.18. The first-order valence-electron chi connectivity index (χ1n) is 7.52. The maximum absolute atomic E-state index is 13.5. The van der Waals surface area contributed by atoms with E-state index in [9.17, 15) is 17.6 Å². The molecule has 0 aliphatic rings. The molecule has 3 N–H and O–H groups in total. The lowest BCUT2D eigenvalue weighted by molar-refractivity contribution is 0.0955. The van der Waals surface area contributed by atoms with Gasteiger partial charge in [0.1, 0.15) is 5.82 Å². The van der Waals surface area contributed by atoms with Crippen molar-refractivity contribution >= 4 is 27.7 Å². The first-order chi connectivity index (χ1) is 11.8. The molecule has 0 aromatic heterocycles. The van der Waals surface area contributed by atoms with Crippen molar-refractivity contribution in [1.29, 1.82) is 0 Å². The SMILES string of the molecule is Cc1c(C(=O)NCCSCc2ccccc2F)cccc1S(N)(=O)=O. The number of nitrogens with two attached hydrogens (primary N) is 1. The van der Waals surface area contributed by atoms with E-state index in [0.29, 0.717) is 29.2 Å². The van der Waals surface area contributed by atoms with Gasteiger partial charge in [-0.15, -0.1) is 0 Å². The molecule has 0 heterocycles. The fraction of sp³-hybridized carbons (Fsp3) is 0.235. The number of halogens is 1. The highest BCUT2D eigenvalue weighted by Gasteiger charge is 2.17. The number of nitrogens with one attached hydrogen (secondary N) is 1. The van der Waals surface area contributed by atoms with E-state index in [1.54, 1.807) is 31.2 Å². The summed E-state index contributed by atoms with van der Waals surface area (Å²) < 4.78 is 36.5. The van der Waals surface area contributed by atoms with Crippen molar-refractivity contribution in [3.8, 4) is 0 Å². The van der Waals surface area contributed by atoms with Crippen LogP contribution in [0, 0.1) is 12.7 Å². The fourth-order valence-electron chi connectivity index (χ4n) is 2.30. The second-order valence-electron chi connectivity index (χ2n) is 5.37. The van der Waals surface area contributed by atoms with Crippen LogP contribution in [0.3, 0.4) is 0 Å². The lowest BCUT2D eigenvalue weighted by Crippen LogP contribution is -2.27. The average molecular weight is 382 g/mol. The van der Waals surface area contributed by atoms with Gasteiger partial charge in [0, 0.05) is 23.6 Å². The lowest BCUT2D eigenvalue weighted by atomic mass is 10.1. The first kappa shape index (κ1) is 19.4. The van der Waals surface area contributed by atoms with Gasteiger partial charge in [-0.25, -0.2) is 17.9 Å². The van der Waals surface area contributed by atoms with E-state index in [-0.39, 0.29) is 22.2 Å². The Morgan fingerprint density at radius 3 is 2.60 bits per heavy atom. The van der Waals surface area contributed by atoms with Crippen molar-refractivity contribution in [1.82, 2.24) is 5.32 Å². The van der Waals surface area contributed by atoms with Gasteiger partial charge >= 0.3 is 0 Å². The molecule has 2 aromatic rings. The Kier molecular flexibility index (Phi) is 6.57. The summed E-state index contributed by atoms with van der Waals surface area (Å²) in [6.07, 6.45) is 0. The Morgan fingerprint density at radius 2 is 1.92 bits per heavy atom. The van der Waals surface area contributed by atoms with Gasteiger partial charge < -0.3 is 5.32 Å². The number of primary sulfonamides is 1. The molecule has 25 heavy (non-hydrogen) atoms. The van der Waals surface area contributed by atoms with Crippen LogP contribution in [-0.2, 0) is 15.8 Å². The molecular weight excluding hydrogens is 363 g/mol. The zero-order valence-corrected chi connectivity index (χ0v) is 15.3. The Labute approximate surface area is 150 Å². The first-order valence-corrected chi connectivity index (χ1v) is 10.2. The number of sulfonamides is 1. The summed E-state index contributed by atoms with van der Waals surface area (Å²) in [4.78, 5) is 12.2. The van der Waals surface area contributed by atoms with Crippen LogP contribution in [0.25, 0.3) is 0 Å². The summed E-state index contributed by atoms with van der Waals surface area (Å²) in [7, 11) is -3.87. The molecule has 2 rings (SSSR count). The van der Waals surface area contributed by atoms with Crippen LogP contribution in [0.1, 0.15) is 21.5 Å². The number of rotatable bonds is 7. The zero-order valence-electron chi connectivity index (χ0n) is 13.7. The van der Waals surface area contributed by atoms with Gasteiger partial charge in [-0.2, -0.15) is 11.8 Å². The smallest absolute Gasteiger partial charge is 0.251 e. The van der Waals surface area contributed by atoms with Gasteiger partial charge in [0.25, 0.3) is 5.91 Å². The minimum absolute atomic E-state index is 0.0610. The van der Waals surface area contributed by atoms with Crippen molar-refractivity contribution in [2.45, 2.75) is 17.6 Å². The molecule has 5 nitrogen and oxygen atoms in total. The van der Waals surface area contributed by atoms with Gasteiger partial charge in [-0.3, -0.25) is 4.79 Å². The molecule has 0 unspecified atom stereocenters. The molecule has 2 aromatic carbocycles. The average Bonchev–Trinajstić information content (AvgIpc) is 2.55. The van der Waals surface area contributed by atoms with E-state index < -0.39 is 10.0 Å². The van der Waals surface area contributed by atoms with Crippen LogP contribution in [0.2, 0.25) is 0 Å². The van der Waals surface area contributed by atoms with Crippen molar-refractivity contribution in [3.63, 3.8) is 0 Å². The molecule has 0 aliphatic carbocycles.